The molecule has 120 valence electrons. The maximum atomic E-state index is 12.2. The Morgan fingerprint density at radius 3 is 2.61 bits per heavy atom. The monoisotopic (exact) mass is 334 g/mol. The lowest BCUT2D eigenvalue weighted by Crippen LogP contribution is -2.23. The molecule has 0 saturated heterocycles. The van der Waals surface area contributed by atoms with E-state index in [4.69, 9.17) is 9.15 Å². The van der Waals surface area contributed by atoms with Crippen molar-refractivity contribution >= 4 is 21.1 Å². The van der Waals surface area contributed by atoms with Crippen LogP contribution in [0.1, 0.15) is 5.56 Å². The average molecular weight is 334 g/mol. The quantitative estimate of drug-likeness (QED) is 0.738. The van der Waals surface area contributed by atoms with E-state index in [9.17, 15) is 13.2 Å². The summed E-state index contributed by atoms with van der Waals surface area (Å²) >= 11 is 0. The molecule has 23 heavy (non-hydrogen) atoms. The van der Waals surface area contributed by atoms with Gasteiger partial charge in [-0.2, -0.15) is 0 Å². The fraction of sp³-hybridized carbons (Fsp3) is 0.133. The lowest BCUT2D eigenvalue weighted by atomic mass is 10.2. The number of aromatic nitrogens is 1. The van der Waals surface area contributed by atoms with Crippen molar-refractivity contribution in [3.63, 3.8) is 0 Å². The zero-order valence-corrected chi connectivity index (χ0v) is 13.0. The number of sulfonamides is 1. The second-order valence-electron chi connectivity index (χ2n) is 4.85. The highest BCUT2D eigenvalue weighted by atomic mass is 32.2. The van der Waals surface area contributed by atoms with Gasteiger partial charge in [0.1, 0.15) is 5.75 Å². The molecule has 2 N–H and O–H groups in total. The van der Waals surface area contributed by atoms with Crippen molar-refractivity contribution in [2.24, 2.45) is 0 Å². The van der Waals surface area contributed by atoms with Crippen molar-refractivity contribution in [3.05, 3.63) is 58.6 Å². The minimum atomic E-state index is -3.63. The van der Waals surface area contributed by atoms with Crippen molar-refractivity contribution in [1.82, 2.24) is 9.71 Å². The molecule has 1 heterocycles. The van der Waals surface area contributed by atoms with Gasteiger partial charge in [-0.05, 0) is 42.0 Å². The summed E-state index contributed by atoms with van der Waals surface area (Å²) in [6, 6.07) is 11.1. The van der Waals surface area contributed by atoms with E-state index in [-0.39, 0.29) is 11.4 Å². The number of rotatable bonds is 5. The van der Waals surface area contributed by atoms with Crippen molar-refractivity contribution in [3.8, 4) is 5.75 Å². The third-order valence-electron chi connectivity index (χ3n) is 3.32. The standard InChI is InChI=1S/C15H14N2O5S/c1-21-11-3-5-12(6-4-11)23(19,20)16-9-10-2-7-14-13(8-10)17-15(18)22-14/h2-8,16H,9H2,1H3,(H,17,18). The van der Waals surface area contributed by atoms with E-state index in [1.807, 2.05) is 0 Å². The van der Waals surface area contributed by atoms with E-state index in [1.54, 1.807) is 30.3 Å². The summed E-state index contributed by atoms with van der Waals surface area (Å²) in [5.74, 6) is 0.0364. The molecule has 1 aromatic heterocycles. The lowest BCUT2D eigenvalue weighted by Gasteiger charge is -2.07. The molecule has 0 bridgehead atoms. The maximum absolute atomic E-state index is 12.2. The highest BCUT2D eigenvalue weighted by Crippen LogP contribution is 2.16. The number of H-pyrrole nitrogens is 1. The number of benzene rings is 2. The first-order valence-corrected chi connectivity index (χ1v) is 8.22. The molecular weight excluding hydrogens is 320 g/mol. The summed E-state index contributed by atoms with van der Waals surface area (Å²) in [7, 11) is -2.12. The molecule has 0 spiro atoms. The third-order valence-corrected chi connectivity index (χ3v) is 4.74. The summed E-state index contributed by atoms with van der Waals surface area (Å²) < 4.78 is 36.9. The lowest BCUT2D eigenvalue weighted by molar-refractivity contribution is 0.414. The molecule has 8 heteroatoms. The molecule has 0 aliphatic carbocycles. The van der Waals surface area contributed by atoms with Crippen LogP contribution in [-0.2, 0) is 16.6 Å². The summed E-state index contributed by atoms with van der Waals surface area (Å²) in [6.07, 6.45) is 0. The number of hydrogen-bond acceptors (Lipinski definition) is 5. The minimum absolute atomic E-state index is 0.0948. The average Bonchev–Trinajstić information content (AvgIpc) is 2.92. The van der Waals surface area contributed by atoms with Gasteiger partial charge in [-0.25, -0.2) is 17.9 Å². The first-order valence-electron chi connectivity index (χ1n) is 6.73. The molecule has 0 aliphatic heterocycles. The van der Waals surface area contributed by atoms with E-state index in [0.29, 0.717) is 22.4 Å². The Morgan fingerprint density at radius 2 is 1.91 bits per heavy atom. The van der Waals surface area contributed by atoms with Gasteiger partial charge in [-0.1, -0.05) is 6.07 Å². The van der Waals surface area contributed by atoms with E-state index in [1.165, 1.54) is 19.2 Å². The smallest absolute Gasteiger partial charge is 0.417 e. The first-order chi connectivity index (χ1) is 11.0. The van der Waals surface area contributed by atoms with Crippen LogP contribution in [0.15, 0.2) is 56.6 Å². The van der Waals surface area contributed by atoms with Gasteiger partial charge in [-0.3, -0.25) is 4.98 Å². The predicted octanol–water partition coefficient (Wildman–Crippen LogP) is 1.61. The summed E-state index contributed by atoms with van der Waals surface area (Å²) in [4.78, 5) is 13.8. The topological polar surface area (TPSA) is 101 Å². The fourth-order valence-corrected chi connectivity index (χ4v) is 3.14. The van der Waals surface area contributed by atoms with Gasteiger partial charge in [0.15, 0.2) is 5.58 Å². The molecule has 0 amide bonds. The van der Waals surface area contributed by atoms with Gasteiger partial charge in [0, 0.05) is 6.54 Å². The Bertz CT molecular complexity index is 987. The number of ether oxygens (including phenoxy) is 1. The number of fused-ring (bicyclic) bond motifs is 1. The van der Waals surface area contributed by atoms with Crippen LogP contribution in [0, 0.1) is 0 Å². The number of oxazole rings is 1. The predicted molar refractivity (Wildman–Crippen MR) is 83.9 cm³/mol. The van der Waals surface area contributed by atoms with Crippen LogP contribution in [0.25, 0.3) is 11.1 Å². The van der Waals surface area contributed by atoms with Crippen LogP contribution >= 0.6 is 0 Å². The summed E-state index contributed by atoms with van der Waals surface area (Å²) in [5.41, 5.74) is 1.65. The Kier molecular flexibility index (Phi) is 3.93. The molecule has 0 saturated carbocycles. The molecule has 2 aromatic carbocycles. The summed E-state index contributed by atoms with van der Waals surface area (Å²) in [6.45, 7) is 0.0948. The van der Waals surface area contributed by atoms with Crippen LogP contribution < -0.4 is 15.2 Å². The Labute approximate surface area is 131 Å². The Morgan fingerprint density at radius 1 is 1.17 bits per heavy atom. The molecule has 0 fully saturated rings. The third kappa shape index (κ3) is 3.27. The van der Waals surface area contributed by atoms with Crippen molar-refractivity contribution < 1.29 is 17.6 Å². The second-order valence-corrected chi connectivity index (χ2v) is 6.61. The molecular formula is C15H14N2O5S. The minimum Gasteiger partial charge on any atom is -0.497 e. The molecule has 0 unspecified atom stereocenters. The largest absolute Gasteiger partial charge is 0.497 e. The number of methoxy groups -OCH3 is 1. The Hall–Kier alpha value is -2.58. The molecule has 0 aliphatic rings. The van der Waals surface area contributed by atoms with Crippen molar-refractivity contribution in [2.75, 3.05) is 7.11 Å². The highest BCUT2D eigenvalue weighted by molar-refractivity contribution is 7.89. The SMILES string of the molecule is COc1ccc(S(=O)(=O)NCc2ccc3oc(=O)[nH]c3c2)cc1. The van der Waals surface area contributed by atoms with Gasteiger partial charge in [0.25, 0.3) is 0 Å². The Balaban J connectivity index is 1.77. The highest BCUT2D eigenvalue weighted by Gasteiger charge is 2.14. The molecule has 3 rings (SSSR count). The first kappa shape index (κ1) is 15.3. The van der Waals surface area contributed by atoms with E-state index in [2.05, 4.69) is 9.71 Å². The molecule has 0 radical (unpaired) electrons. The van der Waals surface area contributed by atoms with Gasteiger partial charge >= 0.3 is 5.76 Å². The molecule has 0 atom stereocenters. The normalized spacial score (nSPS) is 11.7. The number of nitrogens with one attached hydrogen (secondary N) is 2. The van der Waals surface area contributed by atoms with Gasteiger partial charge in [0.2, 0.25) is 10.0 Å². The van der Waals surface area contributed by atoms with Crippen molar-refractivity contribution in [2.45, 2.75) is 11.4 Å². The maximum Gasteiger partial charge on any atom is 0.417 e. The van der Waals surface area contributed by atoms with Crippen LogP contribution in [0.2, 0.25) is 0 Å². The van der Waals surface area contributed by atoms with Gasteiger partial charge in [0.05, 0.1) is 17.5 Å². The van der Waals surface area contributed by atoms with Gasteiger partial charge in [-0.15, -0.1) is 0 Å². The molecule has 3 aromatic rings. The number of hydrogen-bond donors (Lipinski definition) is 2. The van der Waals surface area contributed by atoms with Crippen LogP contribution in [-0.4, -0.2) is 20.5 Å². The van der Waals surface area contributed by atoms with Crippen LogP contribution in [0.4, 0.5) is 0 Å². The van der Waals surface area contributed by atoms with E-state index in [0.717, 1.165) is 0 Å². The molecule has 7 nitrogen and oxygen atoms in total. The summed E-state index contributed by atoms with van der Waals surface area (Å²) in [5, 5.41) is 0. The zero-order chi connectivity index (χ0) is 16.4. The number of aromatic amines is 1. The van der Waals surface area contributed by atoms with Gasteiger partial charge < -0.3 is 9.15 Å². The van der Waals surface area contributed by atoms with Crippen molar-refractivity contribution in [1.29, 1.82) is 0 Å². The van der Waals surface area contributed by atoms with E-state index < -0.39 is 15.8 Å². The zero-order valence-electron chi connectivity index (χ0n) is 12.2. The van der Waals surface area contributed by atoms with E-state index >= 15 is 0 Å². The van der Waals surface area contributed by atoms with Crippen LogP contribution in [0.3, 0.4) is 0 Å². The fourth-order valence-electron chi connectivity index (χ4n) is 2.13. The second kappa shape index (κ2) is 5.90. The van der Waals surface area contributed by atoms with Crippen LogP contribution in [0.5, 0.6) is 5.75 Å².